The summed E-state index contributed by atoms with van der Waals surface area (Å²) in [7, 11) is 0. The molecule has 7 heteroatoms. The number of hydrogen-bond donors (Lipinski definition) is 1. The van der Waals surface area contributed by atoms with Crippen LogP contribution in [0.3, 0.4) is 0 Å². The molecule has 0 unspecified atom stereocenters. The van der Waals surface area contributed by atoms with Crippen molar-refractivity contribution in [3.63, 3.8) is 0 Å². The van der Waals surface area contributed by atoms with E-state index in [1.165, 1.54) is 11.1 Å². The highest BCUT2D eigenvalue weighted by Crippen LogP contribution is 2.22. The summed E-state index contributed by atoms with van der Waals surface area (Å²) in [5.41, 5.74) is 5.30. The normalized spacial score (nSPS) is 17.5. The molecule has 0 bridgehead atoms. The predicted molar refractivity (Wildman–Crippen MR) is 128 cm³/mol. The highest BCUT2D eigenvalue weighted by Gasteiger charge is 2.38. The zero-order valence-electron chi connectivity index (χ0n) is 19.6. The molecule has 4 rings (SSSR count). The average Bonchev–Trinajstić information content (AvgIpc) is 2.81. The predicted octanol–water partition coefficient (Wildman–Crippen LogP) is 3.48. The van der Waals surface area contributed by atoms with Gasteiger partial charge in [0.15, 0.2) is 0 Å². The second-order valence-corrected chi connectivity index (χ2v) is 9.16. The third kappa shape index (κ3) is 5.18. The smallest absolute Gasteiger partial charge is 0.321 e. The quantitative estimate of drug-likeness (QED) is 0.728. The summed E-state index contributed by atoms with van der Waals surface area (Å²) in [6.45, 7) is 8.74. The molecule has 0 spiro atoms. The van der Waals surface area contributed by atoms with E-state index in [1.807, 2.05) is 63.2 Å². The molecule has 0 atom stereocenters. The number of hydrogen-bond acceptors (Lipinski definition) is 3. The third-order valence-electron chi connectivity index (χ3n) is 6.79. The molecule has 0 saturated carbocycles. The van der Waals surface area contributed by atoms with E-state index >= 15 is 0 Å². The fourth-order valence-electron chi connectivity index (χ4n) is 4.51. The monoisotopic (exact) mass is 448 g/mol. The number of amides is 4. The van der Waals surface area contributed by atoms with Crippen LogP contribution in [-0.2, 0) is 16.1 Å². The molecule has 2 fully saturated rings. The van der Waals surface area contributed by atoms with Gasteiger partial charge in [0, 0.05) is 44.5 Å². The number of likely N-dealkylation sites (tertiary alicyclic amines) is 1. The van der Waals surface area contributed by atoms with Gasteiger partial charge in [-0.3, -0.25) is 9.59 Å². The van der Waals surface area contributed by atoms with Crippen molar-refractivity contribution in [2.75, 3.05) is 31.5 Å². The maximum atomic E-state index is 12.8. The van der Waals surface area contributed by atoms with Crippen molar-refractivity contribution in [1.82, 2.24) is 14.7 Å². The first-order valence-electron chi connectivity index (χ1n) is 11.6. The van der Waals surface area contributed by atoms with Crippen LogP contribution >= 0.6 is 0 Å². The number of aryl methyl sites for hydroxylation is 3. The minimum atomic E-state index is -0.434. The van der Waals surface area contributed by atoms with E-state index < -0.39 is 11.8 Å². The Morgan fingerprint density at radius 1 is 0.879 bits per heavy atom. The number of nitrogens with zero attached hydrogens (tertiary/aromatic N) is 3. The number of benzene rings is 2. The molecule has 2 aromatic rings. The van der Waals surface area contributed by atoms with Crippen LogP contribution in [0.4, 0.5) is 10.5 Å². The van der Waals surface area contributed by atoms with Crippen LogP contribution in [0.15, 0.2) is 42.5 Å². The van der Waals surface area contributed by atoms with Gasteiger partial charge in [-0.15, -0.1) is 0 Å². The molecule has 33 heavy (non-hydrogen) atoms. The van der Waals surface area contributed by atoms with Gasteiger partial charge in [0.05, 0.1) is 0 Å². The van der Waals surface area contributed by atoms with E-state index in [9.17, 15) is 14.4 Å². The Morgan fingerprint density at radius 3 is 2.24 bits per heavy atom. The molecule has 4 amide bonds. The zero-order valence-corrected chi connectivity index (χ0v) is 19.6. The van der Waals surface area contributed by atoms with E-state index in [4.69, 9.17) is 0 Å². The maximum absolute atomic E-state index is 12.8. The largest absolute Gasteiger partial charge is 0.330 e. The van der Waals surface area contributed by atoms with Crippen LogP contribution < -0.4 is 5.32 Å². The average molecular weight is 449 g/mol. The second kappa shape index (κ2) is 9.65. The lowest BCUT2D eigenvalue weighted by molar-refractivity contribution is -0.158. The Hall–Kier alpha value is -3.35. The molecule has 174 valence electrons. The zero-order chi connectivity index (χ0) is 23.5. The molecule has 2 heterocycles. The van der Waals surface area contributed by atoms with E-state index in [1.54, 1.807) is 14.7 Å². The summed E-state index contributed by atoms with van der Waals surface area (Å²) < 4.78 is 0. The minimum Gasteiger partial charge on any atom is -0.330 e. The number of carbonyl (C=O) groups is 3. The van der Waals surface area contributed by atoms with Gasteiger partial charge in [-0.2, -0.15) is 0 Å². The molecular formula is C26H32N4O3. The minimum absolute atomic E-state index is 0.00589. The molecule has 2 saturated heterocycles. The summed E-state index contributed by atoms with van der Waals surface area (Å²) in [5, 5.41) is 2.97. The summed E-state index contributed by atoms with van der Waals surface area (Å²) in [5.74, 6) is -0.858. The first-order chi connectivity index (χ1) is 15.8. The van der Waals surface area contributed by atoms with Crippen LogP contribution in [0.25, 0.3) is 0 Å². The summed E-state index contributed by atoms with van der Waals surface area (Å²) in [6.07, 6.45) is 1.36. The molecule has 0 aromatic heterocycles. The highest BCUT2D eigenvalue weighted by molar-refractivity contribution is 6.35. The lowest BCUT2D eigenvalue weighted by atomic mass is 10.0. The fraction of sp³-hybridized carbons (Fsp3) is 0.423. The van der Waals surface area contributed by atoms with Gasteiger partial charge in [-0.05, 0) is 62.4 Å². The van der Waals surface area contributed by atoms with Crippen molar-refractivity contribution in [3.8, 4) is 0 Å². The van der Waals surface area contributed by atoms with E-state index in [2.05, 4.69) is 5.32 Å². The Kier molecular flexibility index (Phi) is 6.67. The lowest BCUT2D eigenvalue weighted by Gasteiger charge is -2.42. The SMILES string of the molecule is Cc1ccc(CN2CCN(C3CCN(C(=O)Nc4ccc(C)c(C)c4)CC3)C(=O)C2=O)cc1. The third-order valence-corrected chi connectivity index (χ3v) is 6.79. The summed E-state index contributed by atoms with van der Waals surface area (Å²) in [6, 6.07) is 13.8. The van der Waals surface area contributed by atoms with Crippen LogP contribution in [0.1, 0.15) is 35.1 Å². The maximum Gasteiger partial charge on any atom is 0.321 e. The number of rotatable bonds is 4. The fourth-order valence-corrected chi connectivity index (χ4v) is 4.51. The van der Waals surface area contributed by atoms with Gasteiger partial charge in [0.25, 0.3) is 0 Å². The van der Waals surface area contributed by atoms with Crippen molar-refractivity contribution >= 4 is 23.5 Å². The molecular weight excluding hydrogens is 416 g/mol. The molecule has 2 aliphatic heterocycles. The van der Waals surface area contributed by atoms with E-state index in [0.717, 1.165) is 16.8 Å². The standard InChI is InChI=1S/C26H32N4O3/c1-18-4-7-21(8-5-18)17-29-14-15-30(25(32)24(29)31)23-10-12-28(13-11-23)26(33)27-22-9-6-19(2)20(3)16-22/h4-9,16,23H,10-15,17H2,1-3H3,(H,27,33). The van der Waals surface area contributed by atoms with Crippen LogP contribution in [0.5, 0.6) is 0 Å². The Morgan fingerprint density at radius 2 is 1.58 bits per heavy atom. The van der Waals surface area contributed by atoms with Gasteiger partial charge in [-0.25, -0.2) is 4.79 Å². The second-order valence-electron chi connectivity index (χ2n) is 9.16. The van der Waals surface area contributed by atoms with Crippen LogP contribution in [0.2, 0.25) is 0 Å². The highest BCUT2D eigenvalue weighted by atomic mass is 16.2. The number of carbonyl (C=O) groups excluding carboxylic acids is 3. The number of piperazine rings is 1. The Labute approximate surface area is 195 Å². The molecule has 1 N–H and O–H groups in total. The van der Waals surface area contributed by atoms with Gasteiger partial charge >= 0.3 is 17.8 Å². The van der Waals surface area contributed by atoms with Crippen molar-refractivity contribution in [1.29, 1.82) is 0 Å². The first kappa shape index (κ1) is 22.8. The van der Waals surface area contributed by atoms with E-state index in [-0.39, 0.29) is 12.1 Å². The van der Waals surface area contributed by atoms with Crippen LogP contribution in [-0.4, -0.2) is 64.8 Å². The first-order valence-corrected chi connectivity index (χ1v) is 11.6. The van der Waals surface area contributed by atoms with E-state index in [0.29, 0.717) is 45.6 Å². The van der Waals surface area contributed by atoms with Crippen molar-refractivity contribution in [2.24, 2.45) is 0 Å². The molecule has 2 aromatic carbocycles. The Balaban J connectivity index is 1.29. The van der Waals surface area contributed by atoms with Gasteiger partial charge in [0.1, 0.15) is 0 Å². The number of urea groups is 1. The molecule has 0 aliphatic carbocycles. The van der Waals surface area contributed by atoms with Crippen molar-refractivity contribution < 1.29 is 14.4 Å². The van der Waals surface area contributed by atoms with Crippen LogP contribution in [0, 0.1) is 20.8 Å². The van der Waals surface area contributed by atoms with Gasteiger partial charge in [0.2, 0.25) is 0 Å². The number of piperidine rings is 1. The van der Waals surface area contributed by atoms with Crippen molar-refractivity contribution in [2.45, 2.75) is 46.2 Å². The molecule has 7 nitrogen and oxygen atoms in total. The summed E-state index contributed by atoms with van der Waals surface area (Å²) in [4.78, 5) is 43.4. The van der Waals surface area contributed by atoms with Gasteiger partial charge in [-0.1, -0.05) is 35.9 Å². The van der Waals surface area contributed by atoms with Gasteiger partial charge < -0.3 is 20.0 Å². The topological polar surface area (TPSA) is 73.0 Å². The number of anilines is 1. The molecule has 2 aliphatic rings. The number of nitrogens with one attached hydrogen (secondary N) is 1. The van der Waals surface area contributed by atoms with Crippen molar-refractivity contribution in [3.05, 3.63) is 64.7 Å². The lowest BCUT2D eigenvalue weighted by Crippen LogP contribution is -2.59. The summed E-state index contributed by atoms with van der Waals surface area (Å²) >= 11 is 0. The molecule has 0 radical (unpaired) electrons. The Bertz CT molecular complexity index is 1040.